The summed E-state index contributed by atoms with van der Waals surface area (Å²) >= 11 is 0. The maximum absolute atomic E-state index is 5.72. The van der Waals surface area contributed by atoms with E-state index in [-0.39, 0.29) is 0 Å². The van der Waals surface area contributed by atoms with Crippen molar-refractivity contribution in [1.82, 2.24) is 9.55 Å². The normalized spacial score (nSPS) is 11.0. The Morgan fingerprint density at radius 2 is 1.78 bits per heavy atom. The molecule has 0 amide bonds. The maximum Gasteiger partial charge on any atom is 0.123 e. The summed E-state index contributed by atoms with van der Waals surface area (Å²) in [6.45, 7) is 9.03. The van der Waals surface area contributed by atoms with Gasteiger partial charge in [0.05, 0.1) is 12.2 Å². The van der Waals surface area contributed by atoms with Crippen LogP contribution in [0.3, 0.4) is 0 Å². The highest BCUT2D eigenvalue weighted by atomic mass is 15.1. The number of imidazole rings is 1. The average molecular weight is 243 g/mol. The topological polar surface area (TPSA) is 43.8 Å². The molecular formula is C15H21N3. The van der Waals surface area contributed by atoms with Gasteiger partial charge in [-0.3, -0.25) is 0 Å². The molecule has 96 valence electrons. The van der Waals surface area contributed by atoms with Gasteiger partial charge in [-0.2, -0.15) is 0 Å². The number of nitrogens with zero attached hydrogens (tertiary/aromatic N) is 2. The lowest BCUT2D eigenvalue weighted by Gasteiger charge is -2.10. The minimum Gasteiger partial charge on any atom is -0.334 e. The molecule has 1 heterocycles. The van der Waals surface area contributed by atoms with E-state index in [1.54, 1.807) is 0 Å². The maximum atomic E-state index is 5.72. The van der Waals surface area contributed by atoms with Crippen LogP contribution in [0.4, 0.5) is 0 Å². The summed E-state index contributed by atoms with van der Waals surface area (Å²) in [5, 5.41) is 0. The van der Waals surface area contributed by atoms with Crippen LogP contribution in [0.2, 0.25) is 0 Å². The van der Waals surface area contributed by atoms with Crippen LogP contribution >= 0.6 is 0 Å². The molecule has 1 aromatic heterocycles. The van der Waals surface area contributed by atoms with Crippen LogP contribution in [0.1, 0.15) is 28.2 Å². The number of nitrogens with two attached hydrogens (primary N) is 1. The highest BCUT2D eigenvalue weighted by Gasteiger charge is 2.14. The zero-order valence-corrected chi connectivity index (χ0v) is 11.8. The standard InChI is InChI=1S/C15H21N3/c1-9-6-7-13(11(3)10(9)2)15-12(4)18(5)14(8-16)17-15/h6-7H,8,16H2,1-5H3. The van der Waals surface area contributed by atoms with Crippen molar-refractivity contribution in [2.45, 2.75) is 34.2 Å². The van der Waals surface area contributed by atoms with Crippen molar-refractivity contribution in [3.05, 3.63) is 40.3 Å². The fraction of sp³-hybridized carbons (Fsp3) is 0.400. The first-order valence-corrected chi connectivity index (χ1v) is 6.26. The predicted molar refractivity (Wildman–Crippen MR) is 75.5 cm³/mol. The molecule has 0 spiro atoms. The molecule has 0 bridgehead atoms. The number of rotatable bonds is 2. The summed E-state index contributed by atoms with van der Waals surface area (Å²) < 4.78 is 2.07. The Labute approximate surface area is 109 Å². The van der Waals surface area contributed by atoms with Crippen LogP contribution in [0.5, 0.6) is 0 Å². The number of aromatic nitrogens is 2. The highest BCUT2D eigenvalue weighted by Crippen LogP contribution is 2.29. The van der Waals surface area contributed by atoms with Crippen molar-refractivity contribution < 1.29 is 0 Å². The molecule has 0 fully saturated rings. The number of hydrogen-bond donors (Lipinski definition) is 1. The van der Waals surface area contributed by atoms with E-state index in [4.69, 9.17) is 5.73 Å². The number of benzene rings is 1. The van der Waals surface area contributed by atoms with E-state index < -0.39 is 0 Å². The Bertz CT molecular complexity index is 594. The van der Waals surface area contributed by atoms with Crippen molar-refractivity contribution in [2.75, 3.05) is 0 Å². The lowest BCUT2D eigenvalue weighted by atomic mass is 9.96. The van der Waals surface area contributed by atoms with Crippen molar-refractivity contribution in [2.24, 2.45) is 12.8 Å². The van der Waals surface area contributed by atoms with Crippen LogP contribution < -0.4 is 5.73 Å². The molecule has 0 radical (unpaired) electrons. The van der Waals surface area contributed by atoms with Gasteiger partial charge >= 0.3 is 0 Å². The Hall–Kier alpha value is -1.61. The van der Waals surface area contributed by atoms with Gasteiger partial charge in [0.15, 0.2) is 0 Å². The molecule has 2 rings (SSSR count). The van der Waals surface area contributed by atoms with Gasteiger partial charge < -0.3 is 10.3 Å². The molecule has 0 saturated heterocycles. The van der Waals surface area contributed by atoms with Crippen molar-refractivity contribution in [3.63, 3.8) is 0 Å². The van der Waals surface area contributed by atoms with Crippen LogP contribution in [-0.4, -0.2) is 9.55 Å². The quantitative estimate of drug-likeness (QED) is 0.881. The van der Waals surface area contributed by atoms with E-state index in [1.165, 1.54) is 27.9 Å². The molecule has 3 heteroatoms. The van der Waals surface area contributed by atoms with Crippen LogP contribution in [0, 0.1) is 27.7 Å². The van der Waals surface area contributed by atoms with E-state index in [2.05, 4.69) is 49.4 Å². The molecular weight excluding hydrogens is 222 g/mol. The van der Waals surface area contributed by atoms with Gasteiger partial charge in [-0.25, -0.2) is 4.98 Å². The predicted octanol–water partition coefficient (Wildman–Crippen LogP) is 2.78. The SMILES string of the molecule is Cc1ccc(-c2nc(CN)n(C)c2C)c(C)c1C. The summed E-state index contributed by atoms with van der Waals surface area (Å²) in [5.41, 5.74) is 13.1. The first-order valence-electron chi connectivity index (χ1n) is 6.26. The van der Waals surface area contributed by atoms with Crippen molar-refractivity contribution in [1.29, 1.82) is 0 Å². The Morgan fingerprint density at radius 3 is 2.33 bits per heavy atom. The van der Waals surface area contributed by atoms with Gasteiger partial charge in [-0.1, -0.05) is 12.1 Å². The lowest BCUT2D eigenvalue weighted by molar-refractivity contribution is 0.774. The summed E-state index contributed by atoms with van der Waals surface area (Å²) in [7, 11) is 2.02. The van der Waals surface area contributed by atoms with Gasteiger partial charge in [-0.15, -0.1) is 0 Å². The van der Waals surface area contributed by atoms with E-state index in [9.17, 15) is 0 Å². The van der Waals surface area contributed by atoms with Crippen LogP contribution in [0.15, 0.2) is 12.1 Å². The molecule has 0 aliphatic carbocycles. The molecule has 0 atom stereocenters. The first kappa shape index (κ1) is 12.8. The monoisotopic (exact) mass is 243 g/mol. The van der Waals surface area contributed by atoms with Gasteiger partial charge in [0.1, 0.15) is 5.82 Å². The molecule has 1 aromatic carbocycles. The Kier molecular flexibility index (Phi) is 3.26. The van der Waals surface area contributed by atoms with Crippen LogP contribution in [0.25, 0.3) is 11.3 Å². The minimum absolute atomic E-state index is 0.473. The third kappa shape index (κ3) is 1.85. The molecule has 0 unspecified atom stereocenters. The lowest BCUT2D eigenvalue weighted by Crippen LogP contribution is -2.05. The van der Waals surface area contributed by atoms with Gasteiger partial charge in [0.2, 0.25) is 0 Å². The second kappa shape index (κ2) is 4.58. The Morgan fingerprint density at radius 1 is 1.11 bits per heavy atom. The average Bonchev–Trinajstić information content (AvgIpc) is 2.64. The van der Waals surface area contributed by atoms with Crippen molar-refractivity contribution in [3.8, 4) is 11.3 Å². The molecule has 2 aromatic rings. The summed E-state index contributed by atoms with van der Waals surface area (Å²) in [4.78, 5) is 4.67. The fourth-order valence-corrected chi connectivity index (χ4v) is 2.29. The zero-order valence-electron chi connectivity index (χ0n) is 11.8. The molecule has 3 nitrogen and oxygen atoms in total. The molecule has 2 N–H and O–H groups in total. The minimum atomic E-state index is 0.473. The molecule has 0 aliphatic heterocycles. The fourth-order valence-electron chi connectivity index (χ4n) is 2.29. The van der Waals surface area contributed by atoms with Crippen molar-refractivity contribution >= 4 is 0 Å². The van der Waals surface area contributed by atoms with Crippen LogP contribution in [-0.2, 0) is 13.6 Å². The third-order valence-corrected chi connectivity index (χ3v) is 3.97. The van der Waals surface area contributed by atoms with Gasteiger partial charge in [-0.05, 0) is 44.4 Å². The summed E-state index contributed by atoms with van der Waals surface area (Å²) in [6.07, 6.45) is 0. The summed E-state index contributed by atoms with van der Waals surface area (Å²) in [6, 6.07) is 4.32. The van der Waals surface area contributed by atoms with E-state index >= 15 is 0 Å². The number of aryl methyl sites for hydroxylation is 1. The molecule has 18 heavy (non-hydrogen) atoms. The first-order chi connectivity index (χ1) is 8.47. The third-order valence-electron chi connectivity index (χ3n) is 3.97. The molecule has 0 saturated carbocycles. The second-order valence-electron chi connectivity index (χ2n) is 4.91. The van der Waals surface area contributed by atoms with E-state index in [1.807, 2.05) is 7.05 Å². The van der Waals surface area contributed by atoms with Gasteiger partial charge in [0.25, 0.3) is 0 Å². The smallest absolute Gasteiger partial charge is 0.123 e. The largest absolute Gasteiger partial charge is 0.334 e. The van der Waals surface area contributed by atoms with Gasteiger partial charge in [0, 0.05) is 18.3 Å². The second-order valence-corrected chi connectivity index (χ2v) is 4.91. The summed E-state index contributed by atoms with van der Waals surface area (Å²) in [5.74, 6) is 0.931. The zero-order chi connectivity index (χ0) is 13.4. The Balaban J connectivity index is 2.66. The van der Waals surface area contributed by atoms with E-state index in [0.29, 0.717) is 6.54 Å². The van der Waals surface area contributed by atoms with E-state index in [0.717, 1.165) is 11.5 Å². The number of hydrogen-bond acceptors (Lipinski definition) is 2. The molecule has 0 aliphatic rings. The highest BCUT2D eigenvalue weighted by molar-refractivity contribution is 5.68.